The van der Waals surface area contributed by atoms with Gasteiger partial charge in [0.1, 0.15) is 11.6 Å². The van der Waals surface area contributed by atoms with Crippen LogP contribution in [0.25, 0.3) is 22.3 Å². The summed E-state index contributed by atoms with van der Waals surface area (Å²) in [7, 11) is 0. The van der Waals surface area contributed by atoms with Gasteiger partial charge in [-0.25, -0.2) is 14.4 Å². The highest BCUT2D eigenvalue weighted by Gasteiger charge is 2.12. The molecule has 0 saturated heterocycles. The molecule has 4 aromatic rings. The second-order valence-electron chi connectivity index (χ2n) is 7.12. The van der Waals surface area contributed by atoms with Gasteiger partial charge in [-0.3, -0.25) is 4.79 Å². The first kappa shape index (κ1) is 22.0. The fourth-order valence-electron chi connectivity index (χ4n) is 3.23. The molecule has 0 bridgehead atoms. The first-order valence-corrected chi connectivity index (χ1v) is 10.7. The third-order valence-electron chi connectivity index (χ3n) is 4.79. The van der Waals surface area contributed by atoms with Crippen LogP contribution in [0, 0.1) is 5.82 Å². The Labute approximate surface area is 194 Å². The molecule has 3 aromatic carbocycles. The molecular weight excluding hydrogens is 450 g/mol. The minimum atomic E-state index is -0.326. The van der Waals surface area contributed by atoms with Crippen LogP contribution in [0.3, 0.4) is 0 Å². The molecule has 5 nitrogen and oxygen atoms in total. The fourth-order valence-corrected chi connectivity index (χ4v) is 3.62. The summed E-state index contributed by atoms with van der Waals surface area (Å²) in [5.74, 6) is 0.630. The number of fused-ring (bicyclic) bond motifs is 1. The number of amides is 1. The summed E-state index contributed by atoms with van der Waals surface area (Å²) in [5, 5.41) is 8.04. The van der Waals surface area contributed by atoms with E-state index in [1.54, 1.807) is 30.3 Å². The Balaban J connectivity index is 1.46. The molecule has 0 radical (unpaired) electrons. The molecule has 0 fully saturated rings. The lowest BCUT2D eigenvalue weighted by Gasteiger charge is -2.12. The molecule has 1 amide bonds. The number of nitrogens with zero attached hydrogens (tertiary/aromatic N) is 2. The van der Waals surface area contributed by atoms with Crippen LogP contribution in [-0.2, 0) is 11.2 Å². The van der Waals surface area contributed by atoms with Crippen LogP contribution in [-0.4, -0.2) is 29.0 Å². The summed E-state index contributed by atoms with van der Waals surface area (Å²) in [6.45, 7) is 0.840. The van der Waals surface area contributed by atoms with Crippen molar-refractivity contribution in [2.45, 2.75) is 6.42 Å². The number of rotatable bonds is 7. The van der Waals surface area contributed by atoms with Gasteiger partial charge >= 0.3 is 0 Å². The Morgan fingerprint density at radius 1 is 0.938 bits per heavy atom. The summed E-state index contributed by atoms with van der Waals surface area (Å²) in [5.41, 5.74) is 2.15. The van der Waals surface area contributed by atoms with Gasteiger partial charge in [-0.2, -0.15) is 0 Å². The van der Waals surface area contributed by atoms with E-state index < -0.39 is 0 Å². The van der Waals surface area contributed by atoms with E-state index in [-0.39, 0.29) is 18.1 Å². The highest BCUT2D eigenvalue weighted by molar-refractivity contribution is 6.33. The zero-order valence-corrected chi connectivity index (χ0v) is 18.4. The second kappa shape index (κ2) is 9.94. The Bertz CT molecular complexity index is 1260. The largest absolute Gasteiger partial charge is 0.368 e. The maximum Gasteiger partial charge on any atom is 0.224 e. The summed E-state index contributed by atoms with van der Waals surface area (Å²) in [6.07, 6.45) is 0.186. The van der Waals surface area contributed by atoms with E-state index in [4.69, 9.17) is 23.2 Å². The van der Waals surface area contributed by atoms with Crippen molar-refractivity contribution in [3.63, 3.8) is 0 Å². The topological polar surface area (TPSA) is 66.9 Å². The van der Waals surface area contributed by atoms with Crippen molar-refractivity contribution in [1.82, 2.24) is 15.3 Å². The second-order valence-corrected chi connectivity index (χ2v) is 7.96. The van der Waals surface area contributed by atoms with E-state index in [9.17, 15) is 9.18 Å². The number of hydrogen-bond acceptors (Lipinski definition) is 4. The smallest absolute Gasteiger partial charge is 0.224 e. The van der Waals surface area contributed by atoms with Crippen molar-refractivity contribution < 1.29 is 9.18 Å². The van der Waals surface area contributed by atoms with Crippen LogP contribution in [0.15, 0.2) is 66.7 Å². The van der Waals surface area contributed by atoms with Gasteiger partial charge in [0.15, 0.2) is 5.82 Å². The van der Waals surface area contributed by atoms with Gasteiger partial charge in [-0.05, 0) is 48.0 Å². The predicted molar refractivity (Wildman–Crippen MR) is 127 cm³/mol. The van der Waals surface area contributed by atoms with Gasteiger partial charge < -0.3 is 10.6 Å². The number of halogens is 3. The molecule has 1 heterocycles. The number of carbonyl (C=O) groups is 1. The number of benzene rings is 3. The van der Waals surface area contributed by atoms with E-state index in [0.29, 0.717) is 45.9 Å². The monoisotopic (exact) mass is 468 g/mol. The molecule has 162 valence electrons. The van der Waals surface area contributed by atoms with Gasteiger partial charge in [0.2, 0.25) is 5.91 Å². The minimum Gasteiger partial charge on any atom is -0.368 e. The third kappa shape index (κ3) is 5.33. The van der Waals surface area contributed by atoms with Crippen molar-refractivity contribution in [2.24, 2.45) is 0 Å². The average molecular weight is 469 g/mol. The fraction of sp³-hybridized carbons (Fsp3) is 0.125. The number of anilines is 1. The van der Waals surface area contributed by atoms with Gasteiger partial charge in [-0.1, -0.05) is 47.5 Å². The van der Waals surface area contributed by atoms with Gasteiger partial charge in [0.25, 0.3) is 0 Å². The Morgan fingerprint density at radius 2 is 1.72 bits per heavy atom. The van der Waals surface area contributed by atoms with E-state index in [2.05, 4.69) is 20.6 Å². The molecule has 0 saturated carbocycles. The number of nitrogens with one attached hydrogen (secondary N) is 2. The lowest BCUT2D eigenvalue weighted by molar-refractivity contribution is -0.120. The lowest BCUT2D eigenvalue weighted by Crippen LogP contribution is -2.30. The molecule has 0 atom stereocenters. The molecule has 0 spiro atoms. The first-order valence-electron chi connectivity index (χ1n) is 9.97. The first-order chi connectivity index (χ1) is 15.5. The number of aromatic nitrogens is 2. The molecular formula is C24H19Cl2FN4O. The molecule has 0 unspecified atom stereocenters. The lowest BCUT2D eigenvalue weighted by atomic mass is 10.1. The Morgan fingerprint density at radius 3 is 2.50 bits per heavy atom. The zero-order valence-electron chi connectivity index (χ0n) is 16.9. The standard InChI is InChI=1S/C24H19Cl2FN4O/c25-16-7-10-19-21(14-16)30-24(18-3-1-2-4-20(18)26)31-23(19)29-12-11-28-22(32)13-15-5-8-17(27)9-6-15/h1-10,14H,11-13H2,(H,28,32)(H,29,30,31). The van der Waals surface area contributed by atoms with E-state index in [1.807, 2.05) is 24.3 Å². The van der Waals surface area contributed by atoms with Crippen molar-refractivity contribution in [2.75, 3.05) is 18.4 Å². The molecule has 0 aliphatic carbocycles. The van der Waals surface area contributed by atoms with Gasteiger partial charge in [0, 0.05) is 29.1 Å². The Kier molecular flexibility index (Phi) is 6.83. The number of carbonyl (C=O) groups excluding carboxylic acids is 1. The quantitative estimate of drug-likeness (QED) is 0.350. The van der Waals surface area contributed by atoms with Crippen LogP contribution >= 0.6 is 23.2 Å². The Hall–Kier alpha value is -3.22. The summed E-state index contributed by atoms with van der Waals surface area (Å²) >= 11 is 12.5. The maximum absolute atomic E-state index is 13.0. The molecule has 32 heavy (non-hydrogen) atoms. The van der Waals surface area contributed by atoms with Crippen molar-refractivity contribution >= 4 is 45.8 Å². The van der Waals surface area contributed by atoms with Crippen LogP contribution in [0.2, 0.25) is 10.0 Å². The highest BCUT2D eigenvalue weighted by Crippen LogP contribution is 2.30. The van der Waals surface area contributed by atoms with Crippen molar-refractivity contribution in [3.8, 4) is 11.4 Å². The SMILES string of the molecule is O=C(Cc1ccc(F)cc1)NCCNc1nc(-c2ccccc2Cl)nc2cc(Cl)ccc12. The number of hydrogen-bond donors (Lipinski definition) is 2. The maximum atomic E-state index is 13.0. The van der Waals surface area contributed by atoms with Crippen LogP contribution in [0.1, 0.15) is 5.56 Å². The summed E-state index contributed by atoms with van der Waals surface area (Å²) in [6, 6.07) is 18.6. The molecule has 0 aliphatic heterocycles. The molecule has 1 aromatic heterocycles. The zero-order chi connectivity index (χ0) is 22.5. The summed E-state index contributed by atoms with van der Waals surface area (Å²) < 4.78 is 13.0. The van der Waals surface area contributed by atoms with E-state index in [1.165, 1.54) is 12.1 Å². The predicted octanol–water partition coefficient (Wildman–Crippen LogP) is 5.51. The normalized spacial score (nSPS) is 10.8. The molecule has 8 heteroatoms. The molecule has 0 aliphatic rings. The van der Waals surface area contributed by atoms with E-state index in [0.717, 1.165) is 10.9 Å². The van der Waals surface area contributed by atoms with Gasteiger partial charge in [-0.15, -0.1) is 0 Å². The molecule has 2 N–H and O–H groups in total. The minimum absolute atomic E-state index is 0.144. The molecule has 4 rings (SSSR count). The van der Waals surface area contributed by atoms with Crippen molar-refractivity contribution in [1.29, 1.82) is 0 Å². The van der Waals surface area contributed by atoms with Crippen LogP contribution in [0.5, 0.6) is 0 Å². The van der Waals surface area contributed by atoms with Crippen LogP contribution in [0.4, 0.5) is 10.2 Å². The van der Waals surface area contributed by atoms with E-state index >= 15 is 0 Å². The van der Waals surface area contributed by atoms with Crippen molar-refractivity contribution in [3.05, 3.63) is 88.2 Å². The average Bonchev–Trinajstić information content (AvgIpc) is 2.78. The highest BCUT2D eigenvalue weighted by atomic mass is 35.5. The third-order valence-corrected chi connectivity index (χ3v) is 5.36. The van der Waals surface area contributed by atoms with Crippen LogP contribution < -0.4 is 10.6 Å². The van der Waals surface area contributed by atoms with Gasteiger partial charge in [0.05, 0.1) is 17.0 Å². The summed E-state index contributed by atoms with van der Waals surface area (Å²) in [4.78, 5) is 21.4.